The molecule has 2 aliphatic rings. The molecule has 2 saturated carbocycles. The van der Waals surface area contributed by atoms with Gasteiger partial charge < -0.3 is 10.4 Å². The Bertz CT molecular complexity index is 190. The Morgan fingerprint density at radius 3 is 2.25 bits per heavy atom. The van der Waals surface area contributed by atoms with E-state index in [1.807, 2.05) is 0 Å². The molecule has 0 radical (unpaired) electrons. The Hall–Kier alpha value is -0.0800. The van der Waals surface area contributed by atoms with E-state index in [9.17, 15) is 5.11 Å². The molecule has 2 nitrogen and oxygen atoms in total. The van der Waals surface area contributed by atoms with Crippen LogP contribution in [0.5, 0.6) is 0 Å². The van der Waals surface area contributed by atoms with E-state index in [4.69, 9.17) is 0 Å². The van der Waals surface area contributed by atoms with Gasteiger partial charge in [-0.15, -0.1) is 0 Å². The normalized spacial score (nSPS) is 50.0. The highest BCUT2D eigenvalue weighted by atomic mass is 16.3. The van der Waals surface area contributed by atoms with E-state index in [1.165, 1.54) is 6.42 Å². The van der Waals surface area contributed by atoms with Gasteiger partial charge in [-0.1, -0.05) is 20.8 Å². The van der Waals surface area contributed by atoms with Gasteiger partial charge in [0.25, 0.3) is 0 Å². The van der Waals surface area contributed by atoms with E-state index in [0.29, 0.717) is 6.04 Å². The number of hydrogen-bond donors (Lipinski definition) is 2. The van der Waals surface area contributed by atoms with Crippen molar-refractivity contribution in [2.75, 3.05) is 0 Å². The molecule has 2 fully saturated rings. The topological polar surface area (TPSA) is 32.3 Å². The van der Waals surface area contributed by atoms with Crippen LogP contribution in [-0.4, -0.2) is 23.3 Å². The van der Waals surface area contributed by atoms with Crippen molar-refractivity contribution in [3.63, 3.8) is 0 Å². The average molecular weight is 169 g/mol. The van der Waals surface area contributed by atoms with E-state index >= 15 is 0 Å². The maximum absolute atomic E-state index is 9.51. The minimum absolute atomic E-state index is 0.0935. The van der Waals surface area contributed by atoms with E-state index < -0.39 is 0 Å². The number of rotatable bonds is 2. The zero-order valence-electron chi connectivity index (χ0n) is 8.17. The van der Waals surface area contributed by atoms with Crippen molar-refractivity contribution in [3.05, 3.63) is 0 Å². The highest BCUT2D eigenvalue weighted by Crippen LogP contribution is 2.43. The van der Waals surface area contributed by atoms with Crippen LogP contribution in [0.1, 0.15) is 33.6 Å². The highest BCUT2D eigenvalue weighted by molar-refractivity contribution is 5.05. The van der Waals surface area contributed by atoms with E-state index in [-0.39, 0.29) is 11.5 Å². The third-order valence-corrected chi connectivity index (χ3v) is 3.74. The number of nitrogens with one attached hydrogen (secondary N) is 1. The first-order valence-electron chi connectivity index (χ1n) is 4.96. The lowest BCUT2D eigenvalue weighted by Crippen LogP contribution is -2.60. The van der Waals surface area contributed by atoms with Crippen molar-refractivity contribution in [2.45, 2.75) is 51.8 Å². The van der Waals surface area contributed by atoms with Crippen LogP contribution in [0.25, 0.3) is 0 Å². The summed E-state index contributed by atoms with van der Waals surface area (Å²) >= 11 is 0. The largest absolute Gasteiger partial charge is 0.392 e. The molecule has 12 heavy (non-hydrogen) atoms. The second-order valence-electron chi connectivity index (χ2n) is 5.11. The molecule has 0 spiro atoms. The molecule has 4 unspecified atom stereocenters. The summed E-state index contributed by atoms with van der Waals surface area (Å²) in [6.07, 6.45) is 2.17. The molecule has 0 bridgehead atoms. The van der Waals surface area contributed by atoms with Crippen LogP contribution in [0.4, 0.5) is 0 Å². The zero-order chi connectivity index (χ0) is 8.93. The summed E-state index contributed by atoms with van der Waals surface area (Å²) in [6, 6.07) is 1.28. The Morgan fingerprint density at radius 1 is 1.33 bits per heavy atom. The van der Waals surface area contributed by atoms with Gasteiger partial charge in [-0.25, -0.2) is 0 Å². The second kappa shape index (κ2) is 2.46. The SMILES string of the molecule is CC1CC1NC1CC(O)C1(C)C. The van der Waals surface area contributed by atoms with Crippen LogP contribution < -0.4 is 5.32 Å². The van der Waals surface area contributed by atoms with E-state index in [0.717, 1.165) is 18.4 Å². The number of aliphatic hydroxyl groups excluding tert-OH is 1. The fourth-order valence-corrected chi connectivity index (χ4v) is 2.00. The predicted octanol–water partition coefficient (Wildman–Crippen LogP) is 1.14. The van der Waals surface area contributed by atoms with Gasteiger partial charge in [0, 0.05) is 17.5 Å². The fourth-order valence-electron chi connectivity index (χ4n) is 2.00. The monoisotopic (exact) mass is 169 g/mol. The van der Waals surface area contributed by atoms with Gasteiger partial charge in [0.05, 0.1) is 6.10 Å². The van der Waals surface area contributed by atoms with Crippen LogP contribution in [0.3, 0.4) is 0 Å². The summed E-state index contributed by atoms with van der Waals surface area (Å²) in [5, 5.41) is 13.1. The zero-order valence-corrected chi connectivity index (χ0v) is 8.17. The van der Waals surface area contributed by atoms with Crippen molar-refractivity contribution in [1.29, 1.82) is 0 Å². The third-order valence-electron chi connectivity index (χ3n) is 3.74. The minimum atomic E-state index is -0.0935. The minimum Gasteiger partial charge on any atom is -0.392 e. The van der Waals surface area contributed by atoms with Crippen molar-refractivity contribution >= 4 is 0 Å². The Balaban J connectivity index is 1.83. The first-order chi connectivity index (χ1) is 5.51. The molecule has 70 valence electrons. The van der Waals surface area contributed by atoms with Crippen LogP contribution in [-0.2, 0) is 0 Å². The van der Waals surface area contributed by atoms with Crippen LogP contribution in [0.15, 0.2) is 0 Å². The first-order valence-corrected chi connectivity index (χ1v) is 4.96. The van der Waals surface area contributed by atoms with Gasteiger partial charge in [0.1, 0.15) is 0 Å². The van der Waals surface area contributed by atoms with Gasteiger partial charge in [0.2, 0.25) is 0 Å². The fraction of sp³-hybridized carbons (Fsp3) is 1.00. The quantitative estimate of drug-likeness (QED) is 0.650. The molecule has 2 aliphatic carbocycles. The van der Waals surface area contributed by atoms with Gasteiger partial charge in [0.15, 0.2) is 0 Å². The molecule has 0 amide bonds. The molecule has 0 aliphatic heterocycles. The predicted molar refractivity (Wildman–Crippen MR) is 48.9 cm³/mol. The molecule has 0 saturated heterocycles. The van der Waals surface area contributed by atoms with Crippen LogP contribution in [0, 0.1) is 11.3 Å². The van der Waals surface area contributed by atoms with E-state index in [1.54, 1.807) is 0 Å². The summed E-state index contributed by atoms with van der Waals surface area (Å²) in [4.78, 5) is 0. The molecule has 0 aromatic rings. The number of aliphatic hydroxyl groups is 1. The Labute approximate surface area is 74.4 Å². The lowest BCUT2D eigenvalue weighted by Gasteiger charge is -2.49. The average Bonchev–Trinajstić information content (AvgIpc) is 2.66. The number of hydrogen-bond acceptors (Lipinski definition) is 2. The maximum Gasteiger partial charge on any atom is 0.0621 e. The molecular weight excluding hydrogens is 150 g/mol. The van der Waals surface area contributed by atoms with Crippen LogP contribution in [0.2, 0.25) is 0 Å². The Kier molecular flexibility index (Phi) is 1.74. The molecule has 2 heteroatoms. The summed E-state index contributed by atoms with van der Waals surface area (Å²) in [7, 11) is 0. The maximum atomic E-state index is 9.51. The van der Waals surface area contributed by atoms with E-state index in [2.05, 4.69) is 26.1 Å². The molecule has 2 N–H and O–H groups in total. The van der Waals surface area contributed by atoms with Gasteiger partial charge in [-0.3, -0.25) is 0 Å². The summed E-state index contributed by atoms with van der Waals surface area (Å²) in [5.41, 5.74) is 0.0995. The Morgan fingerprint density at radius 2 is 1.92 bits per heavy atom. The molecule has 0 aromatic carbocycles. The molecule has 0 aromatic heterocycles. The molecular formula is C10H19NO. The smallest absolute Gasteiger partial charge is 0.0621 e. The molecule has 0 heterocycles. The summed E-state index contributed by atoms with van der Waals surface area (Å²) < 4.78 is 0. The van der Waals surface area contributed by atoms with Crippen LogP contribution >= 0.6 is 0 Å². The molecule has 4 atom stereocenters. The lowest BCUT2D eigenvalue weighted by atomic mass is 9.64. The van der Waals surface area contributed by atoms with Gasteiger partial charge in [-0.05, 0) is 18.8 Å². The lowest BCUT2D eigenvalue weighted by molar-refractivity contribution is -0.0733. The van der Waals surface area contributed by atoms with Gasteiger partial charge >= 0.3 is 0 Å². The summed E-state index contributed by atoms with van der Waals surface area (Å²) in [5.74, 6) is 0.860. The molecule has 2 rings (SSSR count). The summed E-state index contributed by atoms with van der Waals surface area (Å²) in [6.45, 7) is 6.57. The standard InChI is InChI=1S/C10H19NO/c1-6-4-7(6)11-8-5-9(12)10(8,2)3/h6-9,11-12H,4-5H2,1-3H3. The third kappa shape index (κ3) is 1.17. The highest BCUT2D eigenvalue weighted by Gasteiger charge is 2.49. The van der Waals surface area contributed by atoms with Crippen molar-refractivity contribution in [2.24, 2.45) is 11.3 Å². The van der Waals surface area contributed by atoms with Crippen molar-refractivity contribution in [1.82, 2.24) is 5.32 Å². The second-order valence-corrected chi connectivity index (χ2v) is 5.11. The van der Waals surface area contributed by atoms with Gasteiger partial charge in [-0.2, -0.15) is 0 Å². The van der Waals surface area contributed by atoms with Crippen molar-refractivity contribution in [3.8, 4) is 0 Å². The van der Waals surface area contributed by atoms with Crippen molar-refractivity contribution < 1.29 is 5.11 Å². The first kappa shape index (κ1) is 8.52.